The van der Waals surface area contributed by atoms with Crippen LogP contribution in [0.3, 0.4) is 0 Å². The van der Waals surface area contributed by atoms with Gasteiger partial charge in [-0.05, 0) is 41.6 Å². The molecule has 11 heteroatoms. The van der Waals surface area contributed by atoms with Crippen molar-refractivity contribution in [2.75, 3.05) is 5.32 Å². The quantitative estimate of drug-likeness (QED) is 0.643. The number of benzene rings is 1. The van der Waals surface area contributed by atoms with Gasteiger partial charge in [-0.3, -0.25) is 4.79 Å². The standard InChI is InChI=1S/C15H11Cl2FN6OS/c1-8(14(25)20-13-12(17)5-9(16)7-19-13)26-15-21-22-23-24(15)11-4-2-3-10(18)6-11/h2-8H,1H3,(H,19,20,25)/t8-/m0/s1. The Balaban J connectivity index is 1.73. The number of carbonyl (C=O) groups is 1. The van der Waals surface area contributed by atoms with Crippen molar-refractivity contribution >= 4 is 46.7 Å². The van der Waals surface area contributed by atoms with Crippen molar-refractivity contribution in [3.63, 3.8) is 0 Å². The Labute approximate surface area is 161 Å². The summed E-state index contributed by atoms with van der Waals surface area (Å²) in [6.45, 7) is 1.68. The van der Waals surface area contributed by atoms with Crippen molar-refractivity contribution in [3.05, 3.63) is 52.4 Å². The summed E-state index contributed by atoms with van der Waals surface area (Å²) in [5, 5.41) is 14.3. The molecule has 7 nitrogen and oxygen atoms in total. The fourth-order valence-electron chi connectivity index (χ4n) is 1.96. The zero-order valence-electron chi connectivity index (χ0n) is 13.2. The van der Waals surface area contributed by atoms with Crippen LogP contribution >= 0.6 is 35.0 Å². The lowest BCUT2D eigenvalue weighted by Crippen LogP contribution is -2.23. The molecule has 0 fully saturated rings. The van der Waals surface area contributed by atoms with E-state index in [0.29, 0.717) is 15.9 Å². The van der Waals surface area contributed by atoms with Crippen molar-refractivity contribution in [2.24, 2.45) is 0 Å². The number of tetrazole rings is 1. The van der Waals surface area contributed by atoms with E-state index in [4.69, 9.17) is 23.2 Å². The van der Waals surface area contributed by atoms with Gasteiger partial charge in [0.15, 0.2) is 5.82 Å². The molecule has 3 rings (SSSR count). The molecule has 0 saturated carbocycles. The molecular formula is C15H11Cl2FN6OS. The maximum absolute atomic E-state index is 13.4. The molecule has 0 aliphatic carbocycles. The van der Waals surface area contributed by atoms with Crippen molar-refractivity contribution in [1.82, 2.24) is 25.2 Å². The number of halogens is 3. The van der Waals surface area contributed by atoms with Gasteiger partial charge in [-0.25, -0.2) is 9.37 Å². The van der Waals surface area contributed by atoms with Crippen LogP contribution in [-0.2, 0) is 4.79 Å². The molecule has 0 radical (unpaired) electrons. The van der Waals surface area contributed by atoms with Gasteiger partial charge in [-0.1, -0.05) is 41.0 Å². The first-order valence-electron chi connectivity index (χ1n) is 7.27. The minimum absolute atomic E-state index is 0.207. The van der Waals surface area contributed by atoms with Gasteiger partial charge in [-0.2, -0.15) is 4.68 Å². The van der Waals surface area contributed by atoms with Gasteiger partial charge in [0.2, 0.25) is 11.1 Å². The normalized spacial score (nSPS) is 12.0. The third kappa shape index (κ3) is 4.29. The summed E-state index contributed by atoms with van der Waals surface area (Å²) < 4.78 is 14.8. The minimum atomic E-state index is -0.568. The van der Waals surface area contributed by atoms with Crippen LogP contribution in [0.5, 0.6) is 0 Å². The highest BCUT2D eigenvalue weighted by Gasteiger charge is 2.20. The van der Waals surface area contributed by atoms with Gasteiger partial charge in [0, 0.05) is 6.20 Å². The number of hydrogen-bond acceptors (Lipinski definition) is 6. The second kappa shape index (κ2) is 7.98. The molecular weight excluding hydrogens is 402 g/mol. The molecule has 134 valence electrons. The van der Waals surface area contributed by atoms with E-state index in [9.17, 15) is 9.18 Å². The number of aromatic nitrogens is 5. The Morgan fingerprint density at radius 1 is 1.35 bits per heavy atom. The summed E-state index contributed by atoms with van der Waals surface area (Å²) in [6, 6.07) is 7.30. The van der Waals surface area contributed by atoms with E-state index in [0.717, 1.165) is 11.8 Å². The van der Waals surface area contributed by atoms with E-state index in [-0.39, 0.29) is 16.7 Å². The highest BCUT2D eigenvalue weighted by atomic mass is 35.5. The van der Waals surface area contributed by atoms with E-state index >= 15 is 0 Å². The fourth-order valence-corrected chi connectivity index (χ4v) is 3.19. The number of pyridine rings is 1. The molecule has 2 heterocycles. The monoisotopic (exact) mass is 412 g/mol. The number of nitrogens with one attached hydrogen (secondary N) is 1. The number of carbonyl (C=O) groups excluding carboxylic acids is 1. The fraction of sp³-hybridized carbons (Fsp3) is 0.133. The molecule has 0 bridgehead atoms. The Kier molecular flexibility index (Phi) is 5.70. The first-order chi connectivity index (χ1) is 12.4. The summed E-state index contributed by atoms with van der Waals surface area (Å²) in [4.78, 5) is 16.4. The highest BCUT2D eigenvalue weighted by Crippen LogP contribution is 2.26. The number of hydrogen-bond donors (Lipinski definition) is 1. The Morgan fingerprint density at radius 2 is 2.15 bits per heavy atom. The highest BCUT2D eigenvalue weighted by molar-refractivity contribution is 8.00. The van der Waals surface area contributed by atoms with Crippen LogP contribution < -0.4 is 5.32 Å². The summed E-state index contributed by atoms with van der Waals surface area (Å²) >= 11 is 12.9. The molecule has 1 N–H and O–H groups in total. The number of anilines is 1. The summed E-state index contributed by atoms with van der Waals surface area (Å²) in [5.74, 6) is -0.554. The molecule has 1 amide bonds. The summed E-state index contributed by atoms with van der Waals surface area (Å²) in [7, 11) is 0. The lowest BCUT2D eigenvalue weighted by molar-refractivity contribution is -0.115. The number of amides is 1. The first-order valence-corrected chi connectivity index (χ1v) is 8.90. The molecule has 26 heavy (non-hydrogen) atoms. The van der Waals surface area contributed by atoms with Crippen molar-refractivity contribution in [3.8, 4) is 5.69 Å². The Hall–Kier alpha value is -2.23. The summed E-state index contributed by atoms with van der Waals surface area (Å²) in [5.41, 5.74) is 0.451. The van der Waals surface area contributed by atoms with Gasteiger partial charge in [0.25, 0.3) is 0 Å². The average Bonchev–Trinajstić information content (AvgIpc) is 3.05. The molecule has 0 aliphatic rings. The average molecular weight is 413 g/mol. The molecule has 1 aromatic carbocycles. The van der Waals surface area contributed by atoms with Crippen LogP contribution in [-0.4, -0.2) is 36.3 Å². The smallest absolute Gasteiger partial charge is 0.238 e. The third-order valence-electron chi connectivity index (χ3n) is 3.19. The Bertz CT molecular complexity index is 953. The number of nitrogens with zero attached hydrogens (tertiary/aromatic N) is 5. The molecule has 0 spiro atoms. The van der Waals surface area contributed by atoms with Gasteiger partial charge in [0.05, 0.1) is 21.0 Å². The largest absolute Gasteiger partial charge is 0.308 e. The van der Waals surface area contributed by atoms with Crippen LogP contribution in [0.25, 0.3) is 5.69 Å². The SMILES string of the molecule is C[C@H](Sc1nnnn1-c1cccc(F)c1)C(=O)Nc1ncc(Cl)cc1Cl. The Morgan fingerprint density at radius 3 is 2.88 bits per heavy atom. The van der Waals surface area contributed by atoms with E-state index < -0.39 is 11.1 Å². The van der Waals surface area contributed by atoms with E-state index in [2.05, 4.69) is 25.8 Å². The zero-order valence-corrected chi connectivity index (χ0v) is 15.6. The van der Waals surface area contributed by atoms with Crippen LogP contribution in [0.4, 0.5) is 10.2 Å². The lowest BCUT2D eigenvalue weighted by atomic mass is 10.3. The number of thioether (sulfide) groups is 1. The molecule has 1 atom stereocenters. The van der Waals surface area contributed by atoms with Crippen molar-refractivity contribution in [1.29, 1.82) is 0 Å². The molecule has 3 aromatic rings. The molecule has 0 aliphatic heterocycles. The third-order valence-corrected chi connectivity index (χ3v) is 4.72. The van der Waals surface area contributed by atoms with Crippen LogP contribution in [0.2, 0.25) is 10.0 Å². The molecule has 0 saturated heterocycles. The maximum Gasteiger partial charge on any atom is 0.238 e. The molecule has 2 aromatic heterocycles. The topological polar surface area (TPSA) is 85.6 Å². The van der Waals surface area contributed by atoms with E-state index in [1.165, 1.54) is 29.1 Å². The second-order valence-electron chi connectivity index (χ2n) is 5.09. The first kappa shape index (κ1) is 18.6. The van der Waals surface area contributed by atoms with E-state index in [1.54, 1.807) is 19.1 Å². The predicted octanol–water partition coefficient (Wildman–Crippen LogP) is 3.62. The summed E-state index contributed by atoms with van der Waals surface area (Å²) in [6.07, 6.45) is 1.38. The van der Waals surface area contributed by atoms with Crippen molar-refractivity contribution in [2.45, 2.75) is 17.3 Å². The van der Waals surface area contributed by atoms with Crippen molar-refractivity contribution < 1.29 is 9.18 Å². The van der Waals surface area contributed by atoms with Gasteiger partial charge < -0.3 is 5.32 Å². The maximum atomic E-state index is 13.4. The predicted molar refractivity (Wildman–Crippen MR) is 97.3 cm³/mol. The van der Waals surface area contributed by atoms with Gasteiger partial charge in [-0.15, -0.1) is 5.10 Å². The van der Waals surface area contributed by atoms with Crippen LogP contribution in [0, 0.1) is 5.82 Å². The molecule has 0 unspecified atom stereocenters. The number of rotatable bonds is 5. The van der Waals surface area contributed by atoms with Crippen LogP contribution in [0.15, 0.2) is 41.7 Å². The lowest BCUT2D eigenvalue weighted by Gasteiger charge is -2.12. The van der Waals surface area contributed by atoms with E-state index in [1.807, 2.05) is 0 Å². The van der Waals surface area contributed by atoms with Gasteiger partial charge in [0.1, 0.15) is 5.82 Å². The van der Waals surface area contributed by atoms with Gasteiger partial charge >= 0.3 is 0 Å². The minimum Gasteiger partial charge on any atom is -0.308 e. The second-order valence-corrected chi connectivity index (χ2v) is 7.24. The zero-order chi connectivity index (χ0) is 18.7. The van der Waals surface area contributed by atoms with Crippen LogP contribution in [0.1, 0.15) is 6.92 Å².